The average Bonchev–Trinajstić information content (AvgIpc) is 2.70. The lowest BCUT2D eigenvalue weighted by Gasteiger charge is -2.26. The molecule has 1 aliphatic rings. The van der Waals surface area contributed by atoms with Gasteiger partial charge in [-0.25, -0.2) is 8.42 Å². The lowest BCUT2D eigenvalue weighted by molar-refractivity contribution is 0.0730. The molecule has 0 unspecified atom stereocenters. The molecule has 0 aliphatic carbocycles. The van der Waals surface area contributed by atoms with E-state index in [2.05, 4.69) is 53.7 Å². The van der Waals surface area contributed by atoms with Gasteiger partial charge in [0.25, 0.3) is 0 Å². The Kier molecular flexibility index (Phi) is 9.21. The van der Waals surface area contributed by atoms with Gasteiger partial charge in [0.2, 0.25) is 10.0 Å². The van der Waals surface area contributed by atoms with Crippen molar-refractivity contribution in [2.45, 2.75) is 32.6 Å². The number of nitrogens with one attached hydrogen (secondary N) is 2. The second kappa shape index (κ2) is 11.4. The van der Waals surface area contributed by atoms with Gasteiger partial charge in [-0.2, -0.15) is 4.31 Å². The Morgan fingerprint density at radius 2 is 1.79 bits per heavy atom. The first-order valence-electron chi connectivity index (χ1n) is 10.0. The molecule has 0 spiro atoms. The van der Waals surface area contributed by atoms with Gasteiger partial charge in [0, 0.05) is 33.2 Å². The van der Waals surface area contributed by atoms with Crippen molar-refractivity contribution >= 4 is 16.0 Å². The minimum absolute atomic E-state index is 0.0515. The van der Waals surface area contributed by atoms with Crippen molar-refractivity contribution in [2.24, 2.45) is 4.99 Å². The van der Waals surface area contributed by atoms with Gasteiger partial charge in [0.15, 0.2) is 5.96 Å². The third-order valence-electron chi connectivity index (χ3n) is 4.82. The highest BCUT2D eigenvalue weighted by Gasteiger charge is 2.23. The molecule has 0 bridgehead atoms. The summed E-state index contributed by atoms with van der Waals surface area (Å²) in [6, 6.07) is 8.78. The van der Waals surface area contributed by atoms with E-state index < -0.39 is 10.0 Å². The molecular formula is C20H34N4O3S. The van der Waals surface area contributed by atoms with Gasteiger partial charge in [-0.15, -0.1) is 0 Å². The highest BCUT2D eigenvalue weighted by Crippen LogP contribution is 2.15. The van der Waals surface area contributed by atoms with Crippen LogP contribution in [0.3, 0.4) is 0 Å². The number of guanidine groups is 1. The fourth-order valence-electron chi connectivity index (χ4n) is 3.04. The molecule has 2 rings (SSSR count). The third kappa shape index (κ3) is 7.41. The van der Waals surface area contributed by atoms with E-state index in [1.54, 1.807) is 7.05 Å². The number of hydrogen-bond acceptors (Lipinski definition) is 4. The van der Waals surface area contributed by atoms with Crippen molar-refractivity contribution in [2.75, 3.05) is 52.2 Å². The van der Waals surface area contributed by atoms with Crippen LogP contribution in [0.2, 0.25) is 0 Å². The van der Waals surface area contributed by atoms with Crippen LogP contribution < -0.4 is 10.6 Å². The maximum absolute atomic E-state index is 12.3. The number of sulfonamides is 1. The molecule has 1 aliphatic heterocycles. The third-order valence-corrected chi connectivity index (χ3v) is 6.69. The Balaban J connectivity index is 1.65. The molecule has 1 heterocycles. The van der Waals surface area contributed by atoms with E-state index in [1.807, 2.05) is 0 Å². The van der Waals surface area contributed by atoms with E-state index in [4.69, 9.17) is 4.74 Å². The predicted octanol–water partition coefficient (Wildman–Crippen LogP) is 1.57. The number of hydrogen-bond donors (Lipinski definition) is 2. The number of aryl methyl sites for hydroxylation is 1. The van der Waals surface area contributed by atoms with E-state index in [1.165, 1.54) is 15.4 Å². The fraction of sp³-hybridized carbons (Fsp3) is 0.650. The summed E-state index contributed by atoms with van der Waals surface area (Å²) in [7, 11) is -1.56. The fourth-order valence-corrected chi connectivity index (χ4v) is 4.37. The predicted molar refractivity (Wildman–Crippen MR) is 114 cm³/mol. The standard InChI is InChI=1S/C20H34N4O3S/c1-17(2)19-8-6-18(7-9-19)5-4-10-22-20(21-3)23-11-16-28(25,26)24-12-14-27-15-13-24/h6-9,17H,4-5,10-16H2,1-3H3,(H2,21,22,23). The van der Waals surface area contributed by atoms with Crippen LogP contribution in [-0.4, -0.2) is 70.9 Å². The van der Waals surface area contributed by atoms with Gasteiger partial charge in [-0.3, -0.25) is 4.99 Å². The van der Waals surface area contributed by atoms with Gasteiger partial charge < -0.3 is 15.4 Å². The quantitative estimate of drug-likeness (QED) is 0.367. The number of nitrogens with zero attached hydrogens (tertiary/aromatic N) is 2. The Hall–Kier alpha value is -1.64. The van der Waals surface area contributed by atoms with E-state index in [9.17, 15) is 8.42 Å². The summed E-state index contributed by atoms with van der Waals surface area (Å²) < 4.78 is 31.3. The van der Waals surface area contributed by atoms with Crippen molar-refractivity contribution < 1.29 is 13.2 Å². The van der Waals surface area contributed by atoms with E-state index in [0.717, 1.165) is 19.4 Å². The van der Waals surface area contributed by atoms with Gasteiger partial charge in [0.1, 0.15) is 0 Å². The lowest BCUT2D eigenvalue weighted by Crippen LogP contribution is -2.45. The van der Waals surface area contributed by atoms with Gasteiger partial charge >= 0.3 is 0 Å². The molecule has 0 saturated carbocycles. The monoisotopic (exact) mass is 410 g/mol. The summed E-state index contributed by atoms with van der Waals surface area (Å²) >= 11 is 0. The minimum Gasteiger partial charge on any atom is -0.379 e. The number of aliphatic imine (C=N–C) groups is 1. The maximum atomic E-state index is 12.3. The van der Waals surface area contributed by atoms with Crippen molar-refractivity contribution in [1.82, 2.24) is 14.9 Å². The van der Waals surface area contributed by atoms with Crippen molar-refractivity contribution in [3.05, 3.63) is 35.4 Å². The van der Waals surface area contributed by atoms with Crippen molar-refractivity contribution in [1.29, 1.82) is 0 Å². The highest BCUT2D eigenvalue weighted by molar-refractivity contribution is 7.89. The Labute approximate surface area is 169 Å². The van der Waals surface area contributed by atoms with Gasteiger partial charge in [0.05, 0.1) is 19.0 Å². The van der Waals surface area contributed by atoms with Crippen LogP contribution in [0.1, 0.15) is 37.3 Å². The van der Waals surface area contributed by atoms with E-state index >= 15 is 0 Å². The van der Waals surface area contributed by atoms with Gasteiger partial charge in [-0.1, -0.05) is 38.1 Å². The maximum Gasteiger partial charge on any atom is 0.215 e. The summed E-state index contributed by atoms with van der Waals surface area (Å²) in [6.45, 7) is 7.32. The molecule has 0 radical (unpaired) electrons. The second-order valence-electron chi connectivity index (χ2n) is 7.25. The largest absolute Gasteiger partial charge is 0.379 e. The first-order chi connectivity index (χ1) is 13.4. The van der Waals surface area contributed by atoms with Crippen LogP contribution in [0.4, 0.5) is 0 Å². The van der Waals surface area contributed by atoms with E-state index in [-0.39, 0.29) is 5.75 Å². The first-order valence-corrected chi connectivity index (χ1v) is 11.6. The molecule has 0 atom stereocenters. The number of rotatable bonds is 9. The molecule has 158 valence electrons. The zero-order valence-electron chi connectivity index (χ0n) is 17.3. The summed E-state index contributed by atoms with van der Waals surface area (Å²) in [5.41, 5.74) is 2.68. The number of ether oxygens (including phenoxy) is 1. The summed E-state index contributed by atoms with van der Waals surface area (Å²) in [5, 5.41) is 6.33. The van der Waals surface area contributed by atoms with Crippen LogP contribution in [0, 0.1) is 0 Å². The van der Waals surface area contributed by atoms with E-state index in [0.29, 0.717) is 44.7 Å². The second-order valence-corrected chi connectivity index (χ2v) is 9.34. The molecule has 1 saturated heterocycles. The van der Waals surface area contributed by atoms with Crippen LogP contribution in [-0.2, 0) is 21.2 Å². The topological polar surface area (TPSA) is 83.0 Å². The van der Waals surface area contributed by atoms with Crippen LogP contribution in [0.25, 0.3) is 0 Å². The Morgan fingerprint density at radius 3 is 2.39 bits per heavy atom. The minimum atomic E-state index is -3.25. The molecule has 1 fully saturated rings. The number of morpholine rings is 1. The molecular weight excluding hydrogens is 376 g/mol. The smallest absolute Gasteiger partial charge is 0.215 e. The Bertz CT molecular complexity index is 711. The molecule has 7 nitrogen and oxygen atoms in total. The molecule has 2 N–H and O–H groups in total. The molecule has 0 amide bonds. The zero-order valence-corrected chi connectivity index (χ0v) is 18.1. The number of benzene rings is 1. The van der Waals surface area contributed by atoms with Gasteiger partial charge in [-0.05, 0) is 29.9 Å². The SMILES string of the molecule is CN=C(NCCCc1ccc(C(C)C)cc1)NCCS(=O)(=O)N1CCOCC1. The average molecular weight is 411 g/mol. The zero-order chi connectivity index (χ0) is 20.4. The summed E-state index contributed by atoms with van der Waals surface area (Å²) in [5.74, 6) is 1.24. The van der Waals surface area contributed by atoms with Crippen LogP contribution >= 0.6 is 0 Å². The first kappa shape index (κ1) is 22.6. The molecule has 1 aromatic carbocycles. The lowest BCUT2D eigenvalue weighted by atomic mass is 10.0. The molecule has 28 heavy (non-hydrogen) atoms. The normalized spacial score (nSPS) is 16.4. The molecule has 1 aromatic rings. The Morgan fingerprint density at radius 1 is 1.14 bits per heavy atom. The summed E-state index contributed by atoms with van der Waals surface area (Å²) in [4.78, 5) is 4.16. The van der Waals surface area contributed by atoms with Crippen LogP contribution in [0.15, 0.2) is 29.3 Å². The van der Waals surface area contributed by atoms with Crippen LogP contribution in [0.5, 0.6) is 0 Å². The summed E-state index contributed by atoms with van der Waals surface area (Å²) in [6.07, 6.45) is 1.97. The van der Waals surface area contributed by atoms with Crippen molar-refractivity contribution in [3.63, 3.8) is 0 Å². The molecule has 0 aromatic heterocycles. The molecule has 8 heteroatoms. The van der Waals surface area contributed by atoms with Crippen molar-refractivity contribution in [3.8, 4) is 0 Å². The highest BCUT2D eigenvalue weighted by atomic mass is 32.2.